The van der Waals surface area contributed by atoms with E-state index in [0.29, 0.717) is 5.69 Å². The summed E-state index contributed by atoms with van der Waals surface area (Å²) >= 11 is 0. The van der Waals surface area contributed by atoms with Crippen molar-refractivity contribution in [2.24, 2.45) is 5.92 Å². The molecule has 20 heavy (non-hydrogen) atoms. The first-order valence-corrected chi connectivity index (χ1v) is 6.34. The summed E-state index contributed by atoms with van der Waals surface area (Å²) in [6.45, 7) is 5.71. The van der Waals surface area contributed by atoms with Gasteiger partial charge in [-0.3, -0.25) is 0 Å². The summed E-state index contributed by atoms with van der Waals surface area (Å²) in [6.07, 6.45) is -5.18. The molecule has 1 aromatic heterocycles. The van der Waals surface area contributed by atoms with Crippen molar-refractivity contribution in [3.05, 3.63) is 11.4 Å². The van der Waals surface area contributed by atoms with E-state index in [-0.39, 0.29) is 31.2 Å². The number of alkyl halides is 3. The lowest BCUT2D eigenvalue weighted by molar-refractivity contribution is -0.136. The fourth-order valence-corrected chi connectivity index (χ4v) is 1.50. The molecule has 0 fully saturated rings. The predicted octanol–water partition coefficient (Wildman–Crippen LogP) is 2.74. The van der Waals surface area contributed by atoms with Crippen LogP contribution >= 0.6 is 0 Å². The molecule has 1 heterocycles. The number of nitrogens with zero attached hydrogens (tertiary/aromatic N) is 3. The first-order valence-electron chi connectivity index (χ1n) is 6.34. The second kappa shape index (κ2) is 6.71. The molecule has 0 radical (unpaired) electrons. The summed E-state index contributed by atoms with van der Waals surface area (Å²) in [5.74, 6) is -0.403. The second-order valence-corrected chi connectivity index (χ2v) is 4.96. The zero-order valence-electron chi connectivity index (χ0n) is 11.7. The van der Waals surface area contributed by atoms with Gasteiger partial charge in [0.2, 0.25) is 0 Å². The van der Waals surface area contributed by atoms with Gasteiger partial charge in [0.25, 0.3) is 0 Å². The van der Waals surface area contributed by atoms with Crippen LogP contribution in [0.25, 0.3) is 0 Å². The fraction of sp³-hybridized carbons (Fsp3) is 0.750. The van der Waals surface area contributed by atoms with Crippen molar-refractivity contribution in [1.29, 1.82) is 0 Å². The summed E-state index contributed by atoms with van der Waals surface area (Å²) in [7, 11) is 0. The van der Waals surface area contributed by atoms with E-state index in [0.717, 1.165) is 0 Å². The molecule has 1 rings (SSSR count). The van der Waals surface area contributed by atoms with Crippen LogP contribution in [0.2, 0.25) is 0 Å². The molecular weight excluding hydrogens is 275 g/mol. The third-order valence-corrected chi connectivity index (χ3v) is 2.55. The van der Waals surface area contributed by atoms with Gasteiger partial charge in [0.05, 0.1) is 12.3 Å². The quantitative estimate of drug-likeness (QED) is 0.757. The van der Waals surface area contributed by atoms with E-state index in [1.807, 2.05) is 13.8 Å². The number of carbonyl (C=O) groups excluding carboxylic acids is 1. The van der Waals surface area contributed by atoms with Gasteiger partial charge in [-0.25, -0.2) is 9.48 Å². The van der Waals surface area contributed by atoms with E-state index >= 15 is 0 Å². The van der Waals surface area contributed by atoms with Crippen LogP contribution in [0.4, 0.5) is 13.2 Å². The largest absolute Gasteiger partial charge is 0.461 e. The summed E-state index contributed by atoms with van der Waals surface area (Å²) in [5.41, 5.74) is 0.471. The van der Waals surface area contributed by atoms with Gasteiger partial charge in [0.1, 0.15) is 0 Å². The van der Waals surface area contributed by atoms with Gasteiger partial charge in [-0.05, 0) is 19.3 Å². The van der Waals surface area contributed by atoms with Crippen molar-refractivity contribution in [3.63, 3.8) is 0 Å². The summed E-state index contributed by atoms with van der Waals surface area (Å²) in [6, 6.07) is 0. The Hall–Kier alpha value is -1.60. The molecule has 0 atom stereocenters. The van der Waals surface area contributed by atoms with E-state index < -0.39 is 18.6 Å². The first kappa shape index (κ1) is 16.5. The SMILES string of the molecule is Cc1c(C(=O)OCC(C)C)nnn1CCCC(F)(F)F. The zero-order chi connectivity index (χ0) is 15.3. The van der Waals surface area contributed by atoms with E-state index in [4.69, 9.17) is 4.74 Å². The lowest BCUT2D eigenvalue weighted by Crippen LogP contribution is -2.13. The van der Waals surface area contributed by atoms with Gasteiger partial charge in [0, 0.05) is 13.0 Å². The smallest absolute Gasteiger partial charge is 0.389 e. The summed E-state index contributed by atoms with van der Waals surface area (Å²) in [5, 5.41) is 7.35. The highest BCUT2D eigenvalue weighted by molar-refractivity contribution is 5.88. The van der Waals surface area contributed by atoms with Crippen molar-refractivity contribution in [3.8, 4) is 0 Å². The molecule has 114 valence electrons. The third-order valence-electron chi connectivity index (χ3n) is 2.55. The molecule has 0 aliphatic rings. The molecular formula is C12H18F3N3O2. The Labute approximate surface area is 115 Å². The molecule has 5 nitrogen and oxygen atoms in total. The van der Waals surface area contributed by atoms with Gasteiger partial charge in [-0.15, -0.1) is 5.10 Å². The normalized spacial score (nSPS) is 11.9. The van der Waals surface area contributed by atoms with Crippen molar-refractivity contribution >= 4 is 5.97 Å². The maximum atomic E-state index is 12.0. The van der Waals surface area contributed by atoms with Crippen LogP contribution in [0, 0.1) is 12.8 Å². The number of esters is 1. The first-order chi connectivity index (χ1) is 9.20. The fourth-order valence-electron chi connectivity index (χ4n) is 1.50. The van der Waals surface area contributed by atoms with Crippen LogP contribution in [-0.4, -0.2) is 33.7 Å². The van der Waals surface area contributed by atoms with Crippen LogP contribution in [-0.2, 0) is 11.3 Å². The monoisotopic (exact) mass is 293 g/mol. The molecule has 0 saturated carbocycles. The molecule has 0 aliphatic heterocycles. The Bertz CT molecular complexity index is 455. The minimum Gasteiger partial charge on any atom is -0.461 e. The molecule has 0 N–H and O–H groups in total. The van der Waals surface area contributed by atoms with Crippen LogP contribution in [0.3, 0.4) is 0 Å². The van der Waals surface area contributed by atoms with E-state index in [9.17, 15) is 18.0 Å². The maximum absolute atomic E-state index is 12.0. The molecule has 8 heteroatoms. The predicted molar refractivity (Wildman–Crippen MR) is 65.2 cm³/mol. The van der Waals surface area contributed by atoms with E-state index in [2.05, 4.69) is 10.3 Å². The highest BCUT2D eigenvalue weighted by Gasteiger charge is 2.26. The molecule has 0 saturated heterocycles. The van der Waals surface area contributed by atoms with Gasteiger partial charge >= 0.3 is 12.1 Å². The van der Waals surface area contributed by atoms with Crippen molar-refractivity contribution in [2.45, 2.75) is 46.3 Å². The molecule has 0 aromatic carbocycles. The van der Waals surface area contributed by atoms with Crippen LogP contribution in [0.1, 0.15) is 42.9 Å². The number of ether oxygens (including phenoxy) is 1. The van der Waals surface area contributed by atoms with E-state index in [1.54, 1.807) is 6.92 Å². The second-order valence-electron chi connectivity index (χ2n) is 4.96. The minimum absolute atomic E-state index is 0.0534. The average molecular weight is 293 g/mol. The van der Waals surface area contributed by atoms with Crippen molar-refractivity contribution in [1.82, 2.24) is 15.0 Å². The average Bonchev–Trinajstić information content (AvgIpc) is 2.66. The topological polar surface area (TPSA) is 57.0 Å². The zero-order valence-corrected chi connectivity index (χ0v) is 11.7. The van der Waals surface area contributed by atoms with Crippen molar-refractivity contribution < 1.29 is 22.7 Å². The highest BCUT2D eigenvalue weighted by atomic mass is 19.4. The van der Waals surface area contributed by atoms with Gasteiger partial charge in [-0.2, -0.15) is 13.2 Å². The lowest BCUT2D eigenvalue weighted by atomic mass is 10.2. The molecule has 0 spiro atoms. The minimum atomic E-state index is -4.19. The van der Waals surface area contributed by atoms with Crippen LogP contribution < -0.4 is 0 Å². The number of hydrogen-bond acceptors (Lipinski definition) is 4. The Morgan fingerprint density at radius 3 is 2.60 bits per heavy atom. The summed E-state index contributed by atoms with van der Waals surface area (Å²) < 4.78 is 42.4. The number of carbonyl (C=O) groups is 1. The maximum Gasteiger partial charge on any atom is 0.389 e. The van der Waals surface area contributed by atoms with E-state index in [1.165, 1.54) is 4.68 Å². The van der Waals surface area contributed by atoms with Crippen LogP contribution in [0.5, 0.6) is 0 Å². The lowest BCUT2D eigenvalue weighted by Gasteiger charge is -2.07. The molecule has 0 aliphatic carbocycles. The standard InChI is InChI=1S/C12H18F3N3O2/c1-8(2)7-20-11(19)10-9(3)18(17-16-10)6-4-5-12(13,14)15/h8H,4-7H2,1-3H3. The van der Waals surface area contributed by atoms with Gasteiger partial charge < -0.3 is 4.74 Å². The number of aromatic nitrogens is 3. The molecule has 0 bridgehead atoms. The Balaban J connectivity index is 2.58. The Kier molecular flexibility index (Phi) is 5.52. The Morgan fingerprint density at radius 2 is 2.05 bits per heavy atom. The van der Waals surface area contributed by atoms with Crippen LogP contribution in [0.15, 0.2) is 0 Å². The molecule has 0 amide bonds. The number of rotatable bonds is 6. The third kappa shape index (κ3) is 5.18. The molecule has 1 aromatic rings. The van der Waals surface area contributed by atoms with Crippen molar-refractivity contribution in [2.75, 3.05) is 6.61 Å². The number of hydrogen-bond donors (Lipinski definition) is 0. The summed E-state index contributed by atoms with van der Waals surface area (Å²) in [4.78, 5) is 11.7. The van der Waals surface area contributed by atoms with Gasteiger partial charge in [0.15, 0.2) is 5.69 Å². The number of aryl methyl sites for hydroxylation is 1. The molecule has 0 unspecified atom stereocenters. The van der Waals surface area contributed by atoms with Gasteiger partial charge in [-0.1, -0.05) is 19.1 Å². The highest BCUT2D eigenvalue weighted by Crippen LogP contribution is 2.21. The number of halogens is 3. The Morgan fingerprint density at radius 1 is 1.40 bits per heavy atom.